The molecule has 0 aromatic heterocycles. The predicted molar refractivity (Wildman–Crippen MR) is 53.3 cm³/mol. The van der Waals surface area contributed by atoms with Crippen molar-refractivity contribution in [1.82, 2.24) is 0 Å². The Morgan fingerprint density at radius 3 is 1.92 bits per heavy atom. The first-order valence-corrected chi connectivity index (χ1v) is 7.18. The molecule has 1 radical (unpaired) electrons. The van der Waals surface area contributed by atoms with E-state index in [1.165, 1.54) is 0 Å². The quantitative estimate of drug-likeness (QED) is 0.619. The Bertz CT molecular complexity index is 133. The number of carbonyl (C=O) groups excluding carboxylic acids is 1. The Balaban J connectivity index is 4.19. The molecular weight excluding hydrogens is 168 g/mol. The maximum atomic E-state index is 11.1. The molecule has 0 saturated carbocycles. The second kappa shape index (κ2) is 5.35. The molecule has 0 aromatic carbocycles. The lowest BCUT2D eigenvalue weighted by Crippen LogP contribution is -2.37. The fraction of sp³-hybridized carbons (Fsp3) is 0.778. The minimum atomic E-state index is -1.69. The summed E-state index contributed by atoms with van der Waals surface area (Å²) < 4.78 is 5.47. The molecule has 0 aliphatic rings. The van der Waals surface area contributed by atoms with E-state index in [4.69, 9.17) is 4.43 Å². The van der Waals surface area contributed by atoms with Crippen LogP contribution >= 0.6 is 0 Å². The molecule has 0 rings (SSSR count). The van der Waals surface area contributed by atoms with Gasteiger partial charge in [0.05, 0.1) is 0 Å². The molecule has 0 saturated heterocycles. The minimum Gasteiger partial charge on any atom is -0.519 e. The maximum Gasteiger partial charge on any atom is 0.292 e. The zero-order valence-corrected chi connectivity index (χ0v) is 9.35. The molecule has 0 bridgehead atoms. The van der Waals surface area contributed by atoms with Crippen LogP contribution in [0.15, 0.2) is 0 Å². The molecule has 0 fully saturated rings. The monoisotopic (exact) mass is 187 g/mol. The molecule has 71 valence electrons. The smallest absolute Gasteiger partial charge is 0.292 e. The molecule has 0 spiro atoms. The Kier molecular flexibility index (Phi) is 5.21. The summed E-state index contributed by atoms with van der Waals surface area (Å²) in [5.74, 6) is -0.132. The zero-order valence-electron chi connectivity index (χ0n) is 8.35. The molecule has 0 aliphatic heterocycles. The van der Waals surface area contributed by atoms with Gasteiger partial charge in [0.1, 0.15) is 0 Å². The third-order valence-corrected chi connectivity index (χ3v) is 6.99. The molecule has 0 atom stereocenters. The lowest BCUT2D eigenvalue weighted by Gasteiger charge is -2.27. The van der Waals surface area contributed by atoms with Gasteiger partial charge in [-0.3, -0.25) is 4.79 Å². The highest BCUT2D eigenvalue weighted by atomic mass is 28.4. The number of rotatable bonds is 5. The number of hydrogen-bond donors (Lipinski definition) is 0. The van der Waals surface area contributed by atoms with Gasteiger partial charge in [-0.05, 0) is 25.1 Å². The van der Waals surface area contributed by atoms with Gasteiger partial charge in [0.2, 0.25) is 0 Å². The van der Waals surface area contributed by atoms with E-state index in [-0.39, 0.29) is 12.4 Å². The SMILES string of the molecule is [CH2]CC(=O)O[Si](CC)(CC)CC. The summed E-state index contributed by atoms with van der Waals surface area (Å²) in [5.41, 5.74) is 0. The van der Waals surface area contributed by atoms with Gasteiger partial charge in [-0.1, -0.05) is 20.8 Å². The van der Waals surface area contributed by atoms with Crippen molar-refractivity contribution in [3.05, 3.63) is 6.92 Å². The van der Waals surface area contributed by atoms with Crippen LogP contribution in [0.3, 0.4) is 0 Å². The van der Waals surface area contributed by atoms with Gasteiger partial charge in [0.15, 0.2) is 0 Å². The van der Waals surface area contributed by atoms with Crippen molar-refractivity contribution in [3.8, 4) is 0 Å². The van der Waals surface area contributed by atoms with Crippen LogP contribution in [0.25, 0.3) is 0 Å². The first kappa shape index (κ1) is 11.7. The highest BCUT2D eigenvalue weighted by Gasteiger charge is 2.31. The summed E-state index contributed by atoms with van der Waals surface area (Å²) in [7, 11) is -1.69. The van der Waals surface area contributed by atoms with Crippen molar-refractivity contribution in [2.75, 3.05) is 0 Å². The second-order valence-electron chi connectivity index (χ2n) is 2.97. The largest absolute Gasteiger partial charge is 0.519 e. The lowest BCUT2D eigenvalue weighted by atomic mass is 10.5. The average Bonchev–Trinajstić information content (AvgIpc) is 2.14. The molecular formula is C9H19O2Si. The standard InChI is InChI=1S/C9H19O2Si/c1-5-9(10)11-12(6-2,7-3)8-4/h1,5-8H2,2-4H3. The Morgan fingerprint density at radius 1 is 1.25 bits per heavy atom. The Hall–Kier alpha value is -0.313. The molecule has 0 heterocycles. The van der Waals surface area contributed by atoms with Gasteiger partial charge >= 0.3 is 0 Å². The van der Waals surface area contributed by atoms with E-state index >= 15 is 0 Å². The lowest BCUT2D eigenvalue weighted by molar-refractivity contribution is -0.134. The van der Waals surface area contributed by atoms with Crippen molar-refractivity contribution >= 4 is 14.3 Å². The topological polar surface area (TPSA) is 26.3 Å². The summed E-state index contributed by atoms with van der Waals surface area (Å²) in [4.78, 5) is 11.1. The third-order valence-electron chi connectivity index (χ3n) is 2.47. The molecule has 12 heavy (non-hydrogen) atoms. The number of carbonyl (C=O) groups is 1. The third kappa shape index (κ3) is 2.97. The van der Waals surface area contributed by atoms with Crippen LogP contribution in [-0.2, 0) is 9.22 Å². The van der Waals surface area contributed by atoms with Gasteiger partial charge < -0.3 is 4.43 Å². The fourth-order valence-corrected chi connectivity index (χ4v) is 3.78. The van der Waals surface area contributed by atoms with Gasteiger partial charge in [-0.2, -0.15) is 0 Å². The molecule has 0 aromatic rings. The maximum absolute atomic E-state index is 11.1. The Labute approximate surface area is 76.4 Å². The molecule has 0 aliphatic carbocycles. The normalized spacial score (nSPS) is 11.3. The van der Waals surface area contributed by atoms with Crippen molar-refractivity contribution in [2.45, 2.75) is 45.3 Å². The first-order valence-electron chi connectivity index (χ1n) is 4.65. The molecule has 0 amide bonds. The van der Waals surface area contributed by atoms with Gasteiger partial charge in [-0.15, -0.1) is 0 Å². The van der Waals surface area contributed by atoms with E-state index in [1.54, 1.807) is 0 Å². The van der Waals surface area contributed by atoms with Gasteiger partial charge in [0, 0.05) is 6.42 Å². The minimum absolute atomic E-state index is 0.132. The van der Waals surface area contributed by atoms with Gasteiger partial charge in [0.25, 0.3) is 14.3 Å². The fourth-order valence-electron chi connectivity index (χ4n) is 1.26. The first-order chi connectivity index (χ1) is 5.64. The second-order valence-corrected chi connectivity index (χ2v) is 7.66. The molecule has 0 N–H and O–H groups in total. The van der Waals surface area contributed by atoms with Crippen LogP contribution in [0.2, 0.25) is 18.1 Å². The summed E-state index contributed by atoms with van der Waals surface area (Å²) in [6.45, 7) is 9.84. The summed E-state index contributed by atoms with van der Waals surface area (Å²) in [5, 5.41) is 0. The zero-order chi connectivity index (χ0) is 9.61. The van der Waals surface area contributed by atoms with Gasteiger partial charge in [-0.25, -0.2) is 0 Å². The molecule has 2 nitrogen and oxygen atoms in total. The van der Waals surface area contributed by atoms with Crippen molar-refractivity contribution in [1.29, 1.82) is 0 Å². The predicted octanol–water partition coefficient (Wildman–Crippen LogP) is 2.76. The van der Waals surface area contributed by atoms with E-state index < -0.39 is 8.32 Å². The highest BCUT2D eigenvalue weighted by Crippen LogP contribution is 2.21. The van der Waals surface area contributed by atoms with Crippen molar-refractivity contribution in [3.63, 3.8) is 0 Å². The van der Waals surface area contributed by atoms with E-state index in [9.17, 15) is 4.79 Å². The van der Waals surface area contributed by atoms with Crippen LogP contribution < -0.4 is 0 Å². The van der Waals surface area contributed by atoms with Crippen LogP contribution in [0.4, 0.5) is 0 Å². The summed E-state index contributed by atoms with van der Waals surface area (Å²) in [6, 6.07) is 3.06. The number of hydrogen-bond acceptors (Lipinski definition) is 2. The summed E-state index contributed by atoms with van der Waals surface area (Å²) >= 11 is 0. The Morgan fingerprint density at radius 2 is 1.67 bits per heavy atom. The van der Waals surface area contributed by atoms with E-state index in [2.05, 4.69) is 27.7 Å². The van der Waals surface area contributed by atoms with Crippen LogP contribution in [-0.4, -0.2) is 14.3 Å². The summed E-state index contributed by atoms with van der Waals surface area (Å²) in [6.07, 6.45) is 0.259. The molecule has 3 heteroatoms. The highest BCUT2D eigenvalue weighted by molar-refractivity contribution is 6.74. The van der Waals surface area contributed by atoms with Crippen molar-refractivity contribution < 1.29 is 9.22 Å². The average molecular weight is 187 g/mol. The van der Waals surface area contributed by atoms with E-state index in [0.29, 0.717) is 0 Å². The molecule has 0 unspecified atom stereocenters. The van der Waals surface area contributed by atoms with Crippen LogP contribution in [0.5, 0.6) is 0 Å². The van der Waals surface area contributed by atoms with Crippen molar-refractivity contribution in [2.24, 2.45) is 0 Å². The van der Waals surface area contributed by atoms with Crippen LogP contribution in [0, 0.1) is 6.92 Å². The van der Waals surface area contributed by atoms with E-state index in [0.717, 1.165) is 18.1 Å². The van der Waals surface area contributed by atoms with E-state index in [1.807, 2.05) is 0 Å². The van der Waals surface area contributed by atoms with Crippen LogP contribution in [0.1, 0.15) is 27.2 Å².